The van der Waals surface area contributed by atoms with Crippen molar-refractivity contribution in [2.75, 3.05) is 18.1 Å². The summed E-state index contributed by atoms with van der Waals surface area (Å²) in [6, 6.07) is 6.65. The second-order valence-corrected chi connectivity index (χ2v) is 4.35. The van der Waals surface area contributed by atoms with E-state index >= 15 is 0 Å². The summed E-state index contributed by atoms with van der Waals surface area (Å²) < 4.78 is 28.9. The minimum absolute atomic E-state index is 0.531. The van der Waals surface area contributed by atoms with Gasteiger partial charge in [0.05, 0.1) is 13.4 Å². The van der Waals surface area contributed by atoms with Gasteiger partial charge in [-0.05, 0) is 24.3 Å². The van der Waals surface area contributed by atoms with Gasteiger partial charge in [0.25, 0.3) is 0 Å². The molecule has 1 rings (SSSR count). The molecule has 0 fully saturated rings. The molecule has 0 bridgehead atoms. The van der Waals surface area contributed by atoms with Crippen LogP contribution in [0.25, 0.3) is 0 Å². The van der Waals surface area contributed by atoms with Crippen LogP contribution < -0.4 is 9.46 Å². The van der Waals surface area contributed by atoms with Crippen molar-refractivity contribution < 1.29 is 13.2 Å². The van der Waals surface area contributed by atoms with Crippen molar-refractivity contribution in [2.45, 2.75) is 0 Å². The topological polar surface area (TPSA) is 55.4 Å². The molecule has 4 nitrogen and oxygen atoms in total. The molecule has 1 N–H and O–H groups in total. The minimum atomic E-state index is -3.19. The van der Waals surface area contributed by atoms with E-state index in [-0.39, 0.29) is 0 Å². The summed E-state index contributed by atoms with van der Waals surface area (Å²) in [7, 11) is -1.63. The highest BCUT2D eigenvalue weighted by Crippen LogP contribution is 2.15. The standard InChI is InChI=1S/C8H11NO3S/c1-12-8-5-3-7(4-6-8)9-13(2,10)11/h3-6,9H,1-2H3. The van der Waals surface area contributed by atoms with Crippen LogP contribution in [0.4, 0.5) is 5.69 Å². The Hall–Kier alpha value is -1.23. The zero-order valence-electron chi connectivity index (χ0n) is 7.44. The number of sulfonamides is 1. The predicted octanol–water partition coefficient (Wildman–Crippen LogP) is 1.07. The summed E-state index contributed by atoms with van der Waals surface area (Å²) in [5.74, 6) is 0.694. The lowest BCUT2D eigenvalue weighted by molar-refractivity contribution is 0.415. The van der Waals surface area contributed by atoms with E-state index in [0.29, 0.717) is 11.4 Å². The number of hydrogen-bond acceptors (Lipinski definition) is 3. The van der Waals surface area contributed by atoms with Gasteiger partial charge in [-0.3, -0.25) is 4.72 Å². The van der Waals surface area contributed by atoms with Crippen LogP contribution in [0.1, 0.15) is 0 Å². The number of methoxy groups -OCH3 is 1. The Morgan fingerprint density at radius 2 is 1.77 bits per heavy atom. The minimum Gasteiger partial charge on any atom is -0.497 e. The van der Waals surface area contributed by atoms with E-state index in [2.05, 4.69) is 4.72 Å². The number of rotatable bonds is 3. The van der Waals surface area contributed by atoms with Crippen molar-refractivity contribution in [3.63, 3.8) is 0 Å². The molecule has 0 heterocycles. The number of benzene rings is 1. The Kier molecular flexibility index (Phi) is 2.77. The van der Waals surface area contributed by atoms with Gasteiger partial charge >= 0.3 is 0 Å². The summed E-state index contributed by atoms with van der Waals surface area (Å²) in [6.07, 6.45) is 1.11. The van der Waals surface area contributed by atoms with Crippen LogP contribution in [0.15, 0.2) is 24.3 Å². The first-order valence-electron chi connectivity index (χ1n) is 3.63. The van der Waals surface area contributed by atoms with E-state index in [4.69, 9.17) is 4.74 Å². The van der Waals surface area contributed by atoms with Gasteiger partial charge in [-0.2, -0.15) is 0 Å². The van der Waals surface area contributed by atoms with Crippen molar-refractivity contribution in [1.29, 1.82) is 0 Å². The Morgan fingerprint density at radius 3 is 2.15 bits per heavy atom. The third kappa shape index (κ3) is 3.33. The highest BCUT2D eigenvalue weighted by molar-refractivity contribution is 7.92. The van der Waals surface area contributed by atoms with Gasteiger partial charge in [0.2, 0.25) is 10.0 Å². The lowest BCUT2D eigenvalue weighted by Gasteiger charge is -2.04. The second-order valence-electron chi connectivity index (χ2n) is 2.60. The maximum Gasteiger partial charge on any atom is 0.229 e. The lowest BCUT2D eigenvalue weighted by Crippen LogP contribution is -2.09. The molecule has 72 valence electrons. The maximum atomic E-state index is 10.8. The van der Waals surface area contributed by atoms with Gasteiger partial charge in [-0.25, -0.2) is 8.42 Å². The summed E-state index contributed by atoms with van der Waals surface area (Å²) in [5, 5.41) is 0. The first kappa shape index (κ1) is 9.85. The average Bonchev–Trinajstić information content (AvgIpc) is 2.03. The van der Waals surface area contributed by atoms with E-state index in [1.165, 1.54) is 0 Å². The van der Waals surface area contributed by atoms with Gasteiger partial charge in [0.15, 0.2) is 0 Å². The third-order valence-corrected chi connectivity index (χ3v) is 2.00. The van der Waals surface area contributed by atoms with E-state index in [0.717, 1.165) is 6.26 Å². The molecule has 13 heavy (non-hydrogen) atoms. The Labute approximate surface area is 77.6 Å². The molecule has 1 aromatic rings. The summed E-state index contributed by atoms with van der Waals surface area (Å²) in [4.78, 5) is 0. The Balaban J connectivity index is 2.81. The van der Waals surface area contributed by atoms with Crippen molar-refractivity contribution in [2.24, 2.45) is 0 Å². The van der Waals surface area contributed by atoms with Crippen LogP contribution in [0.2, 0.25) is 0 Å². The molecule has 0 saturated heterocycles. The van der Waals surface area contributed by atoms with Gasteiger partial charge in [-0.1, -0.05) is 0 Å². The second kappa shape index (κ2) is 3.66. The summed E-state index contributed by atoms with van der Waals surface area (Å²) in [6.45, 7) is 0. The first-order valence-corrected chi connectivity index (χ1v) is 5.52. The molecule has 0 unspecified atom stereocenters. The molecule has 0 aliphatic heterocycles. The first-order chi connectivity index (χ1) is 6.01. The molecule has 0 aliphatic rings. The van der Waals surface area contributed by atoms with Crippen LogP contribution in [0.5, 0.6) is 5.75 Å². The highest BCUT2D eigenvalue weighted by Gasteiger charge is 2.00. The van der Waals surface area contributed by atoms with E-state index in [1.807, 2.05) is 0 Å². The maximum absolute atomic E-state index is 10.8. The van der Waals surface area contributed by atoms with Gasteiger partial charge in [0.1, 0.15) is 5.75 Å². The molecule has 0 atom stereocenters. The van der Waals surface area contributed by atoms with Crippen molar-refractivity contribution >= 4 is 15.7 Å². The van der Waals surface area contributed by atoms with E-state index in [1.54, 1.807) is 31.4 Å². The van der Waals surface area contributed by atoms with E-state index in [9.17, 15) is 8.42 Å². The van der Waals surface area contributed by atoms with Gasteiger partial charge < -0.3 is 4.74 Å². The highest BCUT2D eigenvalue weighted by atomic mass is 32.2. The van der Waals surface area contributed by atoms with Crippen molar-refractivity contribution in [3.8, 4) is 5.75 Å². The Bertz CT molecular complexity index is 369. The normalized spacial score (nSPS) is 10.9. The molecule has 0 amide bonds. The zero-order valence-corrected chi connectivity index (χ0v) is 8.26. The number of anilines is 1. The third-order valence-electron chi connectivity index (χ3n) is 1.39. The molecule has 0 aliphatic carbocycles. The fraction of sp³-hybridized carbons (Fsp3) is 0.250. The predicted molar refractivity (Wildman–Crippen MR) is 51.5 cm³/mol. The Morgan fingerprint density at radius 1 is 1.23 bits per heavy atom. The summed E-state index contributed by atoms with van der Waals surface area (Å²) in [5.41, 5.74) is 0.531. The van der Waals surface area contributed by atoms with Crippen LogP contribution in [0, 0.1) is 0 Å². The zero-order chi connectivity index (χ0) is 9.90. The largest absolute Gasteiger partial charge is 0.497 e. The number of ether oxygens (including phenoxy) is 1. The molecule has 0 saturated carbocycles. The number of nitrogens with one attached hydrogen (secondary N) is 1. The average molecular weight is 201 g/mol. The fourth-order valence-electron chi connectivity index (χ4n) is 0.873. The molecular weight excluding hydrogens is 190 g/mol. The molecular formula is C8H11NO3S. The number of hydrogen-bond donors (Lipinski definition) is 1. The van der Waals surface area contributed by atoms with E-state index < -0.39 is 10.0 Å². The molecule has 0 radical (unpaired) electrons. The van der Waals surface area contributed by atoms with Crippen molar-refractivity contribution in [1.82, 2.24) is 0 Å². The molecule has 1 aromatic carbocycles. The lowest BCUT2D eigenvalue weighted by atomic mass is 10.3. The fourth-order valence-corrected chi connectivity index (χ4v) is 1.44. The molecule has 5 heteroatoms. The van der Waals surface area contributed by atoms with Gasteiger partial charge in [0, 0.05) is 5.69 Å². The molecule has 0 spiro atoms. The summed E-state index contributed by atoms with van der Waals surface area (Å²) >= 11 is 0. The monoisotopic (exact) mass is 201 g/mol. The smallest absolute Gasteiger partial charge is 0.229 e. The van der Waals surface area contributed by atoms with Crippen LogP contribution in [-0.2, 0) is 10.0 Å². The van der Waals surface area contributed by atoms with Crippen LogP contribution >= 0.6 is 0 Å². The van der Waals surface area contributed by atoms with Crippen LogP contribution in [0.3, 0.4) is 0 Å². The quantitative estimate of drug-likeness (QED) is 0.795. The van der Waals surface area contributed by atoms with Crippen molar-refractivity contribution in [3.05, 3.63) is 24.3 Å². The van der Waals surface area contributed by atoms with Gasteiger partial charge in [-0.15, -0.1) is 0 Å². The molecule has 0 aromatic heterocycles. The van der Waals surface area contributed by atoms with Crippen LogP contribution in [-0.4, -0.2) is 21.8 Å². The SMILES string of the molecule is COc1ccc(NS(C)(=O)=O)cc1.